The van der Waals surface area contributed by atoms with Crippen LogP contribution in [0.5, 0.6) is 0 Å². The van der Waals surface area contributed by atoms with Crippen LogP contribution in [0.2, 0.25) is 0 Å². The molecule has 1 unspecified atom stereocenters. The third kappa shape index (κ3) is 7.00. The molecule has 0 bridgehead atoms. The van der Waals surface area contributed by atoms with E-state index in [-0.39, 0.29) is 6.10 Å². The van der Waals surface area contributed by atoms with E-state index < -0.39 is 11.7 Å². The summed E-state index contributed by atoms with van der Waals surface area (Å²) in [4.78, 5) is 0. The summed E-state index contributed by atoms with van der Waals surface area (Å²) in [5.74, 6) is 0. The summed E-state index contributed by atoms with van der Waals surface area (Å²) < 4.78 is 44.1. The molecule has 0 fully saturated rings. The van der Waals surface area contributed by atoms with Crippen LogP contribution in [0.25, 0.3) is 0 Å². The van der Waals surface area contributed by atoms with E-state index in [1.54, 1.807) is 6.07 Å². The number of nitrogens with one attached hydrogen (secondary N) is 1. The van der Waals surface area contributed by atoms with Crippen LogP contribution in [0.4, 0.5) is 13.2 Å². The van der Waals surface area contributed by atoms with E-state index in [2.05, 4.69) is 43.4 Å². The molecule has 0 saturated carbocycles. The Morgan fingerprint density at radius 1 is 1.00 bits per heavy atom. The zero-order valence-electron chi connectivity index (χ0n) is 16.0. The molecule has 27 heavy (non-hydrogen) atoms. The first-order valence-electron chi connectivity index (χ1n) is 9.51. The first kappa shape index (κ1) is 21.5. The Labute approximate surface area is 159 Å². The molecule has 2 aromatic rings. The van der Waals surface area contributed by atoms with Crippen molar-refractivity contribution in [3.05, 3.63) is 70.8 Å². The molecule has 0 aliphatic rings. The second kappa shape index (κ2) is 10.5. The summed E-state index contributed by atoms with van der Waals surface area (Å²) in [6.07, 6.45) is -1.65. The Morgan fingerprint density at radius 2 is 1.74 bits per heavy atom. The van der Waals surface area contributed by atoms with Gasteiger partial charge in [-0.05, 0) is 48.6 Å². The Balaban J connectivity index is 1.80. The first-order valence-corrected chi connectivity index (χ1v) is 9.51. The van der Waals surface area contributed by atoms with Gasteiger partial charge in [-0.3, -0.25) is 0 Å². The molecule has 1 N–H and O–H groups in total. The van der Waals surface area contributed by atoms with E-state index in [1.165, 1.54) is 17.7 Å². The van der Waals surface area contributed by atoms with Gasteiger partial charge in [-0.25, -0.2) is 0 Å². The van der Waals surface area contributed by atoms with E-state index in [0.717, 1.165) is 31.1 Å². The smallest absolute Gasteiger partial charge is 0.374 e. The fourth-order valence-electron chi connectivity index (χ4n) is 2.93. The standard InChI is InChI=1S/C22H28F3NO/c1-3-14-27-21(4-2)19-10-8-18(9-11-19)16-26-13-12-17-6-5-7-20(15-17)22(23,24)25/h5-11,15,21,26H,3-4,12-14,16H2,1-2H3. The number of benzene rings is 2. The first-order chi connectivity index (χ1) is 12.9. The molecule has 1 atom stereocenters. The minimum atomic E-state index is -4.29. The highest BCUT2D eigenvalue weighted by molar-refractivity contribution is 5.26. The zero-order chi connectivity index (χ0) is 19.7. The monoisotopic (exact) mass is 379 g/mol. The van der Waals surface area contributed by atoms with Crippen LogP contribution in [0.1, 0.15) is 55.0 Å². The van der Waals surface area contributed by atoms with Crippen molar-refractivity contribution in [2.75, 3.05) is 13.2 Å². The van der Waals surface area contributed by atoms with Crippen LogP contribution in [0.15, 0.2) is 48.5 Å². The van der Waals surface area contributed by atoms with Crippen molar-refractivity contribution < 1.29 is 17.9 Å². The molecule has 0 saturated heterocycles. The summed E-state index contributed by atoms with van der Waals surface area (Å²) in [6, 6.07) is 13.8. The highest BCUT2D eigenvalue weighted by Crippen LogP contribution is 2.29. The zero-order valence-corrected chi connectivity index (χ0v) is 16.0. The van der Waals surface area contributed by atoms with Crippen LogP contribution < -0.4 is 5.32 Å². The molecule has 2 rings (SSSR count). The van der Waals surface area contributed by atoms with Crippen molar-refractivity contribution in [2.24, 2.45) is 0 Å². The topological polar surface area (TPSA) is 21.3 Å². The molecule has 0 aliphatic carbocycles. The predicted molar refractivity (Wildman–Crippen MR) is 103 cm³/mol. The lowest BCUT2D eigenvalue weighted by atomic mass is 10.0. The molecule has 0 heterocycles. The second-order valence-corrected chi connectivity index (χ2v) is 6.63. The van der Waals surface area contributed by atoms with Crippen LogP contribution in [0, 0.1) is 0 Å². The van der Waals surface area contributed by atoms with Gasteiger partial charge in [-0.2, -0.15) is 13.2 Å². The SMILES string of the molecule is CCCOC(CC)c1ccc(CNCCc2cccc(C(F)(F)F)c2)cc1. The van der Waals surface area contributed by atoms with Crippen LogP contribution in [-0.4, -0.2) is 13.2 Å². The number of ether oxygens (including phenoxy) is 1. The van der Waals surface area contributed by atoms with Gasteiger partial charge in [-0.15, -0.1) is 0 Å². The van der Waals surface area contributed by atoms with E-state index in [4.69, 9.17) is 4.74 Å². The van der Waals surface area contributed by atoms with Crippen molar-refractivity contribution in [3.8, 4) is 0 Å². The van der Waals surface area contributed by atoms with Crippen molar-refractivity contribution in [1.29, 1.82) is 0 Å². The van der Waals surface area contributed by atoms with E-state index in [9.17, 15) is 13.2 Å². The molecular formula is C22H28F3NO. The maximum Gasteiger partial charge on any atom is 0.416 e. The molecule has 0 aromatic heterocycles. The quantitative estimate of drug-likeness (QED) is 0.518. The highest BCUT2D eigenvalue weighted by Gasteiger charge is 2.30. The lowest BCUT2D eigenvalue weighted by Gasteiger charge is -2.16. The minimum Gasteiger partial charge on any atom is -0.374 e. The number of hydrogen-bond acceptors (Lipinski definition) is 2. The molecule has 0 radical (unpaired) electrons. The minimum absolute atomic E-state index is 0.132. The largest absolute Gasteiger partial charge is 0.416 e. The summed E-state index contributed by atoms with van der Waals surface area (Å²) in [5, 5.41) is 3.29. The maximum absolute atomic E-state index is 12.7. The van der Waals surface area contributed by atoms with Gasteiger partial charge in [0.25, 0.3) is 0 Å². The third-order valence-corrected chi connectivity index (χ3v) is 4.42. The van der Waals surface area contributed by atoms with E-state index >= 15 is 0 Å². The number of alkyl halides is 3. The number of hydrogen-bond donors (Lipinski definition) is 1. The summed E-state index contributed by atoms with van der Waals surface area (Å²) in [6.45, 7) is 6.29. The van der Waals surface area contributed by atoms with Crippen molar-refractivity contribution in [2.45, 2.75) is 51.9 Å². The summed E-state index contributed by atoms with van der Waals surface area (Å²) >= 11 is 0. The maximum atomic E-state index is 12.7. The Hall–Kier alpha value is -1.85. The van der Waals surface area contributed by atoms with Gasteiger partial charge >= 0.3 is 6.18 Å². The summed E-state index contributed by atoms with van der Waals surface area (Å²) in [7, 11) is 0. The lowest BCUT2D eigenvalue weighted by molar-refractivity contribution is -0.137. The van der Waals surface area contributed by atoms with Crippen LogP contribution in [-0.2, 0) is 23.9 Å². The van der Waals surface area contributed by atoms with Gasteiger partial charge in [0.05, 0.1) is 11.7 Å². The van der Waals surface area contributed by atoms with Gasteiger partial charge in [-0.1, -0.05) is 56.3 Å². The van der Waals surface area contributed by atoms with Gasteiger partial charge in [0, 0.05) is 13.2 Å². The fraction of sp³-hybridized carbons (Fsp3) is 0.455. The number of halogens is 3. The average Bonchev–Trinajstić information content (AvgIpc) is 2.66. The van der Waals surface area contributed by atoms with Gasteiger partial charge in [0.15, 0.2) is 0 Å². The predicted octanol–water partition coefficient (Wildman–Crippen LogP) is 5.92. The van der Waals surface area contributed by atoms with E-state index in [0.29, 0.717) is 25.1 Å². The molecule has 0 aliphatic heterocycles. The Morgan fingerprint density at radius 3 is 2.37 bits per heavy atom. The molecule has 148 valence electrons. The molecule has 2 nitrogen and oxygen atoms in total. The van der Waals surface area contributed by atoms with Gasteiger partial charge in [0.1, 0.15) is 0 Å². The molecular weight excluding hydrogens is 351 g/mol. The molecule has 2 aromatic carbocycles. The van der Waals surface area contributed by atoms with Gasteiger partial charge < -0.3 is 10.1 Å². The second-order valence-electron chi connectivity index (χ2n) is 6.63. The molecule has 0 amide bonds. The average molecular weight is 379 g/mol. The molecule has 5 heteroatoms. The highest BCUT2D eigenvalue weighted by atomic mass is 19.4. The van der Waals surface area contributed by atoms with Crippen molar-refractivity contribution in [3.63, 3.8) is 0 Å². The van der Waals surface area contributed by atoms with Gasteiger partial charge in [0.2, 0.25) is 0 Å². The van der Waals surface area contributed by atoms with E-state index in [1.807, 2.05) is 0 Å². The number of rotatable bonds is 10. The normalized spacial score (nSPS) is 12.9. The Bertz CT molecular complexity index is 683. The Kier molecular flexibility index (Phi) is 8.32. The molecule has 0 spiro atoms. The lowest BCUT2D eigenvalue weighted by Crippen LogP contribution is -2.17. The summed E-state index contributed by atoms with van der Waals surface area (Å²) in [5.41, 5.74) is 2.42. The van der Waals surface area contributed by atoms with Crippen LogP contribution >= 0.6 is 0 Å². The third-order valence-electron chi connectivity index (χ3n) is 4.42. The van der Waals surface area contributed by atoms with Crippen LogP contribution in [0.3, 0.4) is 0 Å². The fourth-order valence-corrected chi connectivity index (χ4v) is 2.93. The van der Waals surface area contributed by atoms with Crippen molar-refractivity contribution in [1.82, 2.24) is 5.32 Å². The van der Waals surface area contributed by atoms with Crippen molar-refractivity contribution >= 4 is 0 Å².